The van der Waals surface area contributed by atoms with Crippen LogP contribution in [0.1, 0.15) is 194 Å². The van der Waals surface area contributed by atoms with Crippen LogP contribution in [0.5, 0.6) is 0 Å². The highest BCUT2D eigenvalue weighted by molar-refractivity contribution is 5.71. The van der Waals surface area contributed by atoms with Crippen molar-refractivity contribution in [2.24, 2.45) is 0 Å². The van der Waals surface area contributed by atoms with Crippen molar-refractivity contribution in [3.8, 4) is 0 Å². The molecule has 0 aromatic carbocycles. The second-order valence-corrected chi connectivity index (χ2v) is 15.9. The van der Waals surface area contributed by atoms with Crippen LogP contribution in [0.2, 0.25) is 0 Å². The summed E-state index contributed by atoms with van der Waals surface area (Å²) in [6, 6.07) is 0. The van der Waals surface area contributed by atoms with Gasteiger partial charge in [0.05, 0.1) is 0 Å². The van der Waals surface area contributed by atoms with Gasteiger partial charge in [-0.1, -0.05) is 239 Å². The lowest BCUT2D eigenvalue weighted by Gasteiger charge is -2.18. The third-order valence-corrected chi connectivity index (χ3v) is 9.94. The largest absolute Gasteiger partial charge is 0.462 e. The lowest BCUT2D eigenvalue weighted by molar-refractivity contribution is -0.167. The van der Waals surface area contributed by atoms with E-state index in [9.17, 15) is 14.4 Å². The monoisotopic (exact) mass is 857 g/mol. The number of hydrogen-bond donors (Lipinski definition) is 0. The molecule has 0 aromatic rings. The van der Waals surface area contributed by atoms with Gasteiger partial charge in [0.25, 0.3) is 0 Å². The SMILES string of the molecule is CC\C=C/C=C\C=C/C=C\C=C/CCCCCC(=O)OC(COC(=O)CCCCCCC\C=C/C=C\C=C/C=C\C=C/CCC)COC(=O)CCCCCCCCCCCCC. The van der Waals surface area contributed by atoms with Gasteiger partial charge in [-0.25, -0.2) is 0 Å². The van der Waals surface area contributed by atoms with E-state index in [1.54, 1.807) is 0 Å². The highest BCUT2D eigenvalue weighted by Gasteiger charge is 2.19. The van der Waals surface area contributed by atoms with Gasteiger partial charge in [-0.05, 0) is 57.8 Å². The van der Waals surface area contributed by atoms with Crippen LogP contribution in [-0.4, -0.2) is 37.2 Å². The van der Waals surface area contributed by atoms with Gasteiger partial charge in [-0.2, -0.15) is 0 Å². The van der Waals surface area contributed by atoms with Gasteiger partial charge in [0, 0.05) is 19.3 Å². The van der Waals surface area contributed by atoms with Crippen LogP contribution in [0.15, 0.2) is 122 Å². The Balaban J connectivity index is 4.53. The lowest BCUT2D eigenvalue weighted by atomic mass is 10.1. The second-order valence-electron chi connectivity index (χ2n) is 15.9. The Morgan fingerprint density at radius 2 is 0.661 bits per heavy atom. The van der Waals surface area contributed by atoms with E-state index < -0.39 is 6.10 Å². The van der Waals surface area contributed by atoms with Gasteiger partial charge in [0.15, 0.2) is 6.10 Å². The van der Waals surface area contributed by atoms with Crippen LogP contribution in [-0.2, 0) is 28.6 Å². The summed E-state index contributed by atoms with van der Waals surface area (Å²) in [6.45, 7) is 6.32. The van der Waals surface area contributed by atoms with Crippen molar-refractivity contribution in [2.45, 2.75) is 200 Å². The number of unbranched alkanes of at least 4 members (excludes halogenated alkanes) is 19. The van der Waals surface area contributed by atoms with E-state index in [0.29, 0.717) is 19.3 Å². The van der Waals surface area contributed by atoms with E-state index in [1.165, 1.54) is 57.8 Å². The van der Waals surface area contributed by atoms with E-state index in [0.717, 1.165) is 89.9 Å². The van der Waals surface area contributed by atoms with Crippen LogP contribution in [0.25, 0.3) is 0 Å². The first kappa shape index (κ1) is 57.8. The molecule has 0 aromatic heterocycles. The van der Waals surface area contributed by atoms with Crippen molar-refractivity contribution in [3.63, 3.8) is 0 Å². The third kappa shape index (κ3) is 46.9. The zero-order chi connectivity index (χ0) is 45.1. The number of rotatable bonds is 42. The minimum Gasteiger partial charge on any atom is -0.462 e. The average Bonchev–Trinajstić information content (AvgIpc) is 3.27. The van der Waals surface area contributed by atoms with Gasteiger partial charge in [-0.3, -0.25) is 14.4 Å². The molecule has 0 radical (unpaired) electrons. The highest BCUT2D eigenvalue weighted by Crippen LogP contribution is 2.14. The Morgan fingerprint density at radius 1 is 0.339 bits per heavy atom. The summed E-state index contributed by atoms with van der Waals surface area (Å²) in [5.74, 6) is -0.984. The van der Waals surface area contributed by atoms with Crippen molar-refractivity contribution in [1.29, 1.82) is 0 Å². The number of allylic oxidation sites excluding steroid dienone is 20. The molecule has 0 saturated heterocycles. The average molecular weight is 857 g/mol. The van der Waals surface area contributed by atoms with E-state index in [2.05, 4.69) is 57.2 Å². The maximum atomic E-state index is 12.8. The molecule has 348 valence electrons. The first-order valence-corrected chi connectivity index (χ1v) is 24.7. The number of carbonyl (C=O) groups is 3. The zero-order valence-corrected chi connectivity index (χ0v) is 39.6. The molecule has 6 heteroatoms. The maximum absolute atomic E-state index is 12.8. The highest BCUT2D eigenvalue weighted by atomic mass is 16.6. The zero-order valence-electron chi connectivity index (χ0n) is 39.6. The fourth-order valence-corrected chi connectivity index (χ4v) is 6.26. The number of ether oxygens (including phenoxy) is 3. The molecule has 1 unspecified atom stereocenters. The van der Waals surface area contributed by atoms with Crippen LogP contribution in [0, 0.1) is 0 Å². The summed E-state index contributed by atoms with van der Waals surface area (Å²) in [5, 5.41) is 0. The Labute approximate surface area is 380 Å². The van der Waals surface area contributed by atoms with Gasteiger partial charge in [0.1, 0.15) is 13.2 Å². The Bertz CT molecular complexity index is 1350. The summed E-state index contributed by atoms with van der Waals surface area (Å²) in [6.07, 6.45) is 67.4. The summed E-state index contributed by atoms with van der Waals surface area (Å²) in [4.78, 5) is 37.9. The molecule has 62 heavy (non-hydrogen) atoms. The number of hydrogen-bond acceptors (Lipinski definition) is 6. The fourth-order valence-electron chi connectivity index (χ4n) is 6.26. The quantitative estimate of drug-likeness (QED) is 0.0263. The van der Waals surface area contributed by atoms with Crippen molar-refractivity contribution in [3.05, 3.63) is 122 Å². The Hall–Kier alpha value is -4.19. The molecule has 0 heterocycles. The van der Waals surface area contributed by atoms with Crippen LogP contribution >= 0.6 is 0 Å². The predicted octanol–water partition coefficient (Wildman–Crippen LogP) is 16.1. The molecule has 6 nitrogen and oxygen atoms in total. The number of esters is 3. The fraction of sp³-hybridized carbons (Fsp3) is 0.589. The van der Waals surface area contributed by atoms with E-state index in [1.807, 2.05) is 85.1 Å². The second kappa shape index (κ2) is 49.5. The molecular weight excluding hydrogens is 769 g/mol. The lowest BCUT2D eigenvalue weighted by Crippen LogP contribution is -2.30. The molecule has 0 aliphatic rings. The van der Waals surface area contributed by atoms with E-state index >= 15 is 0 Å². The van der Waals surface area contributed by atoms with Crippen LogP contribution in [0.4, 0.5) is 0 Å². The first-order chi connectivity index (χ1) is 30.5. The Kier molecular flexibility index (Phi) is 46.1. The standard InChI is InChI=1S/C56H88O6/c1-4-7-10-13-16-19-22-24-26-27-28-30-31-34-37-40-43-46-49-55(58)61-52-53(51-60-54(57)48-45-42-39-36-33-21-18-15-12-9-6-3)62-56(59)50-47-44-41-38-35-32-29-25-23-20-17-14-11-8-5-2/h8,10-11,13-14,16-17,19-20,22-30,32,35,53H,4-7,9,12,15,18,21,31,33-34,36-52H2,1-3H3/b11-8-,13-10-,17-14-,19-16-,23-20-,24-22-,27-26-,29-25-,30-28-,35-32-. The molecule has 0 fully saturated rings. The predicted molar refractivity (Wildman–Crippen MR) is 265 cm³/mol. The Morgan fingerprint density at radius 3 is 1.06 bits per heavy atom. The summed E-state index contributed by atoms with van der Waals surface area (Å²) in [5.41, 5.74) is 0. The van der Waals surface area contributed by atoms with Gasteiger partial charge < -0.3 is 14.2 Å². The molecule has 0 N–H and O–H groups in total. The maximum Gasteiger partial charge on any atom is 0.306 e. The van der Waals surface area contributed by atoms with Crippen molar-refractivity contribution >= 4 is 17.9 Å². The molecule has 1 atom stereocenters. The molecule has 0 aliphatic carbocycles. The molecule has 0 rings (SSSR count). The summed E-state index contributed by atoms with van der Waals surface area (Å²) < 4.78 is 16.7. The van der Waals surface area contributed by atoms with Crippen LogP contribution < -0.4 is 0 Å². The minimum atomic E-state index is -0.812. The van der Waals surface area contributed by atoms with Crippen LogP contribution in [0.3, 0.4) is 0 Å². The van der Waals surface area contributed by atoms with Gasteiger partial charge in [-0.15, -0.1) is 0 Å². The molecular formula is C56H88O6. The molecule has 0 aliphatic heterocycles. The summed E-state index contributed by atoms with van der Waals surface area (Å²) >= 11 is 0. The molecule has 0 amide bonds. The first-order valence-electron chi connectivity index (χ1n) is 24.7. The summed E-state index contributed by atoms with van der Waals surface area (Å²) in [7, 11) is 0. The van der Waals surface area contributed by atoms with Crippen molar-refractivity contribution in [1.82, 2.24) is 0 Å². The smallest absolute Gasteiger partial charge is 0.306 e. The molecule has 0 bridgehead atoms. The molecule has 0 spiro atoms. The van der Waals surface area contributed by atoms with Gasteiger partial charge in [0.2, 0.25) is 0 Å². The van der Waals surface area contributed by atoms with Crippen molar-refractivity contribution in [2.75, 3.05) is 13.2 Å². The number of carbonyl (C=O) groups excluding carboxylic acids is 3. The van der Waals surface area contributed by atoms with E-state index in [4.69, 9.17) is 14.2 Å². The topological polar surface area (TPSA) is 78.9 Å². The minimum absolute atomic E-state index is 0.106. The van der Waals surface area contributed by atoms with Gasteiger partial charge >= 0.3 is 17.9 Å². The van der Waals surface area contributed by atoms with E-state index in [-0.39, 0.29) is 37.5 Å². The third-order valence-electron chi connectivity index (χ3n) is 9.94. The molecule has 0 saturated carbocycles. The van der Waals surface area contributed by atoms with Crippen molar-refractivity contribution < 1.29 is 28.6 Å². The normalized spacial score (nSPS) is 13.1.